The highest BCUT2D eigenvalue weighted by Crippen LogP contribution is 2.28. The summed E-state index contributed by atoms with van der Waals surface area (Å²) in [6.45, 7) is 5.13. The fraction of sp³-hybridized carbons (Fsp3) is 0.424. The van der Waals surface area contributed by atoms with Crippen LogP contribution in [0.4, 0.5) is 27.5 Å². The molecule has 5 amide bonds. The molecule has 18 nitrogen and oxygen atoms in total. The van der Waals surface area contributed by atoms with Crippen LogP contribution in [-0.4, -0.2) is 71.3 Å². The summed E-state index contributed by atoms with van der Waals surface area (Å²) in [6.07, 6.45) is 5.29. The Morgan fingerprint density at radius 2 is 1.61 bits per heavy atom. The van der Waals surface area contributed by atoms with Gasteiger partial charge in [-0.25, -0.2) is 4.79 Å². The zero-order chi connectivity index (χ0) is 37.9. The van der Waals surface area contributed by atoms with Gasteiger partial charge in [-0.2, -0.15) is 0 Å². The first-order valence-electron chi connectivity index (χ1n) is 16.0. The van der Waals surface area contributed by atoms with E-state index < -0.39 is 51.2 Å². The maximum absolute atomic E-state index is 13.3. The molecule has 51 heavy (non-hydrogen) atoms. The van der Waals surface area contributed by atoms with E-state index in [0.717, 1.165) is 12.1 Å². The van der Waals surface area contributed by atoms with Gasteiger partial charge in [-0.1, -0.05) is 26.0 Å². The highest BCUT2D eigenvalue weighted by atomic mass is 16.6. The number of non-ortho nitro benzene ring substituents is 1. The Balaban J connectivity index is 1.92. The molecule has 0 aliphatic heterocycles. The van der Waals surface area contributed by atoms with E-state index in [1.54, 1.807) is 38.1 Å². The number of benzene rings is 2. The lowest BCUT2D eigenvalue weighted by atomic mass is 10.0. The van der Waals surface area contributed by atoms with Crippen LogP contribution < -0.4 is 31.9 Å². The number of rotatable bonds is 20. The lowest BCUT2D eigenvalue weighted by molar-refractivity contribution is -0.393. The van der Waals surface area contributed by atoms with E-state index in [1.165, 1.54) is 13.0 Å². The Hall–Kier alpha value is -6.25. The number of carbonyl (C=O) groups excluding carboxylic acids is 5. The Bertz CT molecular complexity index is 1610. The van der Waals surface area contributed by atoms with Crippen molar-refractivity contribution in [2.45, 2.75) is 65.1 Å². The minimum atomic E-state index is -0.997. The predicted octanol–water partition coefficient (Wildman–Crippen LogP) is 2.74. The topological polar surface area (TPSA) is 253 Å². The van der Waals surface area contributed by atoms with Gasteiger partial charge < -0.3 is 36.6 Å². The van der Waals surface area contributed by atoms with Crippen LogP contribution in [-0.2, 0) is 30.5 Å². The van der Waals surface area contributed by atoms with Crippen LogP contribution >= 0.6 is 0 Å². The van der Waals surface area contributed by atoms with Crippen LogP contribution in [0.15, 0.2) is 42.5 Å². The highest BCUT2D eigenvalue weighted by Gasteiger charge is 2.29. The molecule has 0 heterocycles. The number of hydrogen-bond acceptors (Lipinski definition) is 11. The van der Waals surface area contributed by atoms with Crippen molar-refractivity contribution in [2.75, 3.05) is 30.3 Å². The summed E-state index contributed by atoms with van der Waals surface area (Å²) in [5.74, 6) is 0.387. The van der Waals surface area contributed by atoms with E-state index in [9.17, 15) is 44.2 Å². The molecule has 2 aromatic carbocycles. The number of terminal acetylenes is 1. The normalized spacial score (nSPS) is 11.6. The molecule has 0 saturated heterocycles. The maximum atomic E-state index is 13.3. The van der Waals surface area contributed by atoms with Crippen molar-refractivity contribution in [3.63, 3.8) is 0 Å². The Kier molecular flexibility index (Phi) is 16.8. The first kappa shape index (κ1) is 40.9. The van der Waals surface area contributed by atoms with Gasteiger partial charge >= 0.3 is 6.09 Å². The third kappa shape index (κ3) is 14.8. The second-order valence-electron chi connectivity index (χ2n) is 11.5. The van der Waals surface area contributed by atoms with Gasteiger partial charge in [-0.3, -0.25) is 39.4 Å². The summed E-state index contributed by atoms with van der Waals surface area (Å²) in [4.78, 5) is 82.8. The number of nitro groups is 2. The molecule has 0 aromatic heterocycles. The molecule has 0 saturated carbocycles. The number of alkyl carbamates (subject to hydrolysis) is 1. The number of carbonyl (C=O) groups is 5. The number of ether oxygens (including phenoxy) is 1. The molecular weight excluding hydrogens is 668 g/mol. The molecule has 0 aliphatic carbocycles. The van der Waals surface area contributed by atoms with Crippen LogP contribution in [0.1, 0.15) is 52.0 Å². The van der Waals surface area contributed by atoms with Crippen LogP contribution in [0.5, 0.6) is 0 Å². The Labute approximate surface area is 294 Å². The number of amides is 5. The third-order valence-electron chi connectivity index (χ3n) is 7.13. The summed E-state index contributed by atoms with van der Waals surface area (Å²) in [5.41, 5.74) is 0.119. The molecule has 0 radical (unpaired) electrons. The quantitative estimate of drug-likeness (QED) is 0.0504. The first-order valence-corrected chi connectivity index (χ1v) is 16.0. The summed E-state index contributed by atoms with van der Waals surface area (Å²) >= 11 is 0. The Morgan fingerprint density at radius 1 is 0.902 bits per heavy atom. The lowest BCUT2D eigenvalue weighted by Gasteiger charge is -2.25. The molecule has 0 aliphatic rings. The average molecular weight is 711 g/mol. The van der Waals surface area contributed by atoms with Crippen LogP contribution in [0, 0.1) is 38.5 Å². The molecule has 18 heteroatoms. The van der Waals surface area contributed by atoms with Gasteiger partial charge in [0, 0.05) is 51.2 Å². The number of nitrogens with zero attached hydrogens (tertiary/aromatic N) is 2. The average Bonchev–Trinajstić information content (AvgIpc) is 3.08. The summed E-state index contributed by atoms with van der Waals surface area (Å²) in [6, 6.07) is 7.64. The number of anilines is 2. The monoisotopic (exact) mass is 710 g/mol. The fourth-order valence-electron chi connectivity index (χ4n) is 4.48. The van der Waals surface area contributed by atoms with Gasteiger partial charge in [0.1, 0.15) is 24.4 Å². The van der Waals surface area contributed by atoms with Crippen molar-refractivity contribution >= 4 is 52.5 Å². The van der Waals surface area contributed by atoms with Crippen LogP contribution in [0.3, 0.4) is 0 Å². The van der Waals surface area contributed by atoms with Gasteiger partial charge in [0.25, 0.3) is 11.4 Å². The fourth-order valence-corrected chi connectivity index (χ4v) is 4.48. The largest absolute Gasteiger partial charge is 0.445 e. The van der Waals surface area contributed by atoms with Gasteiger partial charge in [-0.05, 0) is 42.5 Å². The molecule has 0 unspecified atom stereocenters. The van der Waals surface area contributed by atoms with Gasteiger partial charge in [0.05, 0.1) is 15.9 Å². The minimum absolute atomic E-state index is 0.0243. The number of nitro benzene ring substituents is 2. The van der Waals surface area contributed by atoms with Gasteiger partial charge in [-0.15, -0.1) is 12.3 Å². The van der Waals surface area contributed by atoms with E-state index >= 15 is 0 Å². The smallest absolute Gasteiger partial charge is 0.407 e. The van der Waals surface area contributed by atoms with E-state index in [2.05, 4.69) is 37.8 Å². The van der Waals surface area contributed by atoms with E-state index in [1.807, 2.05) is 0 Å². The minimum Gasteiger partial charge on any atom is -0.445 e. The lowest BCUT2D eigenvalue weighted by Crippen LogP contribution is -2.54. The molecule has 0 bridgehead atoms. The van der Waals surface area contributed by atoms with Crippen molar-refractivity contribution in [2.24, 2.45) is 5.92 Å². The van der Waals surface area contributed by atoms with Crippen molar-refractivity contribution in [3.05, 3.63) is 68.3 Å². The second-order valence-corrected chi connectivity index (χ2v) is 11.5. The zero-order valence-electron chi connectivity index (χ0n) is 28.5. The molecule has 2 rings (SSSR count). The highest BCUT2D eigenvalue weighted by molar-refractivity contribution is 5.98. The molecule has 0 spiro atoms. The molecule has 0 fully saturated rings. The number of hydrogen-bond donors (Lipinski definition) is 6. The SMILES string of the molecule is C#CCCC(=O)N[C@H](C(=O)N[C@@H](CCCNC(C)=O)C(=O)Nc1ccc(COC(=O)NCCNc2ccc([N+](=O)[O-])cc2[N+](=O)[O-])cc1)C(C)C. The van der Waals surface area contributed by atoms with Gasteiger partial charge in [0.2, 0.25) is 23.6 Å². The van der Waals surface area contributed by atoms with Crippen LogP contribution in [0.2, 0.25) is 0 Å². The van der Waals surface area contributed by atoms with Crippen LogP contribution in [0.25, 0.3) is 0 Å². The van der Waals surface area contributed by atoms with Crippen molar-refractivity contribution in [1.29, 1.82) is 0 Å². The maximum Gasteiger partial charge on any atom is 0.407 e. The van der Waals surface area contributed by atoms with Crippen molar-refractivity contribution in [3.8, 4) is 12.3 Å². The molecule has 2 atom stereocenters. The molecular formula is C33H42N8O10. The van der Waals surface area contributed by atoms with Crippen molar-refractivity contribution in [1.82, 2.24) is 21.3 Å². The molecule has 274 valence electrons. The standard InChI is InChI=1S/C33H42N8O10/c1-5-6-9-29(43)39-30(21(2)3)32(45)38-27(8-7-16-34-22(4)42)31(44)37-24-12-10-23(11-13-24)20-51-33(46)36-18-17-35-26-15-14-25(40(47)48)19-28(26)41(49)50/h1,10-15,19,21,27,30,35H,6-9,16-18,20H2,2-4H3,(H,34,42)(H,36,46)(H,37,44)(H,38,45)(H,39,43)/t27-,30-/m0/s1. The van der Waals surface area contributed by atoms with Crippen molar-refractivity contribution < 1.29 is 38.6 Å². The Morgan fingerprint density at radius 3 is 2.22 bits per heavy atom. The van der Waals surface area contributed by atoms with E-state index in [4.69, 9.17) is 11.2 Å². The summed E-state index contributed by atoms with van der Waals surface area (Å²) in [5, 5.41) is 38.1. The second kappa shape index (κ2) is 21.0. The predicted molar refractivity (Wildman–Crippen MR) is 186 cm³/mol. The first-order chi connectivity index (χ1) is 24.2. The summed E-state index contributed by atoms with van der Waals surface area (Å²) < 4.78 is 5.18. The molecule has 2 aromatic rings. The zero-order valence-corrected chi connectivity index (χ0v) is 28.5. The molecule has 6 N–H and O–H groups in total. The summed E-state index contributed by atoms with van der Waals surface area (Å²) in [7, 11) is 0. The number of nitrogens with one attached hydrogen (secondary N) is 6. The third-order valence-corrected chi connectivity index (χ3v) is 7.13. The van der Waals surface area contributed by atoms with Gasteiger partial charge in [0.15, 0.2) is 0 Å². The van der Waals surface area contributed by atoms with E-state index in [0.29, 0.717) is 17.7 Å². The van der Waals surface area contributed by atoms with E-state index in [-0.39, 0.29) is 68.9 Å².